The molecule has 21 heavy (non-hydrogen) atoms. The fourth-order valence-corrected chi connectivity index (χ4v) is 1.69. The number of hydrogen-bond donors (Lipinski definition) is 0. The zero-order chi connectivity index (χ0) is 15.1. The Hall–Kier alpha value is -2.93. The number of carbonyl (C=O) groups excluding carboxylic acids is 1. The molecule has 4 heteroatoms. The average molecular weight is 281 g/mol. The van der Waals surface area contributed by atoms with E-state index in [1.165, 1.54) is 24.3 Å². The van der Waals surface area contributed by atoms with Gasteiger partial charge in [-0.1, -0.05) is 30.3 Å². The molecule has 2 aromatic rings. The Labute approximate surface area is 121 Å². The van der Waals surface area contributed by atoms with Crippen molar-refractivity contribution in [3.05, 3.63) is 77.1 Å². The number of nitriles is 1. The molecule has 0 aliphatic heterocycles. The van der Waals surface area contributed by atoms with Crippen LogP contribution in [0.25, 0.3) is 6.08 Å². The van der Waals surface area contributed by atoms with Gasteiger partial charge in [0, 0.05) is 11.6 Å². The van der Waals surface area contributed by atoms with E-state index >= 15 is 0 Å². The molecule has 0 aromatic heterocycles. The predicted molar refractivity (Wildman–Crippen MR) is 76.4 cm³/mol. The molecular formula is C17H12FNO2. The molecule has 0 unspecified atom stereocenters. The van der Waals surface area contributed by atoms with Crippen LogP contribution < -0.4 is 0 Å². The minimum atomic E-state index is -0.521. The zero-order valence-corrected chi connectivity index (χ0v) is 11.1. The van der Waals surface area contributed by atoms with Gasteiger partial charge in [0.05, 0.1) is 11.6 Å². The van der Waals surface area contributed by atoms with Gasteiger partial charge < -0.3 is 4.74 Å². The third-order valence-corrected chi connectivity index (χ3v) is 2.79. The van der Waals surface area contributed by atoms with Crippen LogP contribution >= 0.6 is 0 Å². The molecule has 0 amide bonds. The first-order valence-electron chi connectivity index (χ1n) is 6.27. The number of carbonyl (C=O) groups is 1. The lowest BCUT2D eigenvalue weighted by molar-refractivity contribution is -0.138. The molecule has 0 bridgehead atoms. The summed E-state index contributed by atoms with van der Waals surface area (Å²) in [6.45, 7) is 0.0380. The molecule has 0 N–H and O–H groups in total. The summed E-state index contributed by atoms with van der Waals surface area (Å²) < 4.78 is 17.8. The second kappa shape index (κ2) is 7.01. The number of nitrogens with zero attached hydrogens (tertiary/aromatic N) is 1. The van der Waals surface area contributed by atoms with Crippen molar-refractivity contribution in [2.24, 2.45) is 0 Å². The lowest BCUT2D eigenvalue weighted by atomic mass is 10.1. The highest BCUT2D eigenvalue weighted by molar-refractivity contribution is 5.87. The van der Waals surface area contributed by atoms with Gasteiger partial charge in [-0.05, 0) is 29.8 Å². The van der Waals surface area contributed by atoms with E-state index in [1.54, 1.807) is 36.4 Å². The van der Waals surface area contributed by atoms with Crippen LogP contribution in [0, 0.1) is 17.1 Å². The molecule has 0 atom stereocenters. The summed E-state index contributed by atoms with van der Waals surface area (Å²) in [6, 6.07) is 14.7. The lowest BCUT2D eigenvalue weighted by Gasteiger charge is -2.03. The Morgan fingerprint density at radius 1 is 1.19 bits per heavy atom. The summed E-state index contributed by atoms with van der Waals surface area (Å²) in [5.41, 5.74) is 1.84. The first kappa shape index (κ1) is 14.5. The Balaban J connectivity index is 1.93. The van der Waals surface area contributed by atoms with Crippen molar-refractivity contribution in [1.29, 1.82) is 5.26 Å². The van der Waals surface area contributed by atoms with E-state index in [9.17, 15) is 9.18 Å². The highest BCUT2D eigenvalue weighted by Crippen LogP contribution is 2.09. The van der Waals surface area contributed by atoms with Crippen LogP contribution in [0.3, 0.4) is 0 Å². The van der Waals surface area contributed by atoms with Crippen molar-refractivity contribution >= 4 is 12.0 Å². The standard InChI is InChI=1S/C17H12FNO2/c18-16-8-5-13(6-9-16)7-10-17(20)21-12-15-4-2-1-3-14(15)11-19/h1-10H,12H2/b10-7+. The van der Waals surface area contributed by atoms with Crippen molar-refractivity contribution in [2.75, 3.05) is 0 Å². The van der Waals surface area contributed by atoms with E-state index in [0.29, 0.717) is 16.7 Å². The number of benzene rings is 2. The molecule has 0 saturated carbocycles. The fraction of sp³-hybridized carbons (Fsp3) is 0.0588. The monoisotopic (exact) mass is 281 g/mol. The molecular weight excluding hydrogens is 269 g/mol. The first-order chi connectivity index (χ1) is 10.2. The van der Waals surface area contributed by atoms with Crippen molar-refractivity contribution in [1.82, 2.24) is 0 Å². The van der Waals surface area contributed by atoms with Gasteiger partial charge in [-0.3, -0.25) is 0 Å². The largest absolute Gasteiger partial charge is 0.458 e. The smallest absolute Gasteiger partial charge is 0.331 e. The number of ether oxygens (including phenoxy) is 1. The van der Waals surface area contributed by atoms with Crippen LogP contribution in [0.4, 0.5) is 4.39 Å². The van der Waals surface area contributed by atoms with E-state index in [0.717, 1.165) is 0 Å². The molecule has 0 aliphatic rings. The van der Waals surface area contributed by atoms with Gasteiger partial charge in [-0.25, -0.2) is 9.18 Å². The predicted octanol–water partition coefficient (Wildman–Crippen LogP) is 3.45. The molecule has 0 spiro atoms. The van der Waals surface area contributed by atoms with E-state index in [2.05, 4.69) is 0 Å². The first-order valence-corrected chi connectivity index (χ1v) is 6.27. The van der Waals surface area contributed by atoms with Gasteiger partial charge >= 0.3 is 5.97 Å². The van der Waals surface area contributed by atoms with Gasteiger partial charge in [-0.15, -0.1) is 0 Å². The molecule has 0 heterocycles. The molecule has 0 aliphatic carbocycles. The second-order valence-corrected chi connectivity index (χ2v) is 4.26. The Morgan fingerprint density at radius 2 is 1.90 bits per heavy atom. The molecule has 0 fully saturated rings. The molecule has 2 rings (SSSR count). The van der Waals surface area contributed by atoms with E-state index in [4.69, 9.17) is 10.00 Å². The Kier molecular flexibility index (Phi) is 4.84. The number of rotatable bonds is 4. The van der Waals surface area contributed by atoms with Crippen molar-refractivity contribution in [2.45, 2.75) is 6.61 Å². The Morgan fingerprint density at radius 3 is 2.62 bits per heavy atom. The van der Waals surface area contributed by atoms with Crippen molar-refractivity contribution in [3.8, 4) is 6.07 Å². The van der Waals surface area contributed by atoms with Gasteiger partial charge in [0.2, 0.25) is 0 Å². The van der Waals surface area contributed by atoms with Gasteiger partial charge in [0.15, 0.2) is 0 Å². The van der Waals surface area contributed by atoms with Crippen LogP contribution in [0.1, 0.15) is 16.7 Å². The second-order valence-electron chi connectivity index (χ2n) is 4.26. The maximum Gasteiger partial charge on any atom is 0.331 e. The van der Waals surface area contributed by atoms with Crippen molar-refractivity contribution < 1.29 is 13.9 Å². The van der Waals surface area contributed by atoms with Crippen LogP contribution in [-0.4, -0.2) is 5.97 Å². The normalized spacial score (nSPS) is 10.3. The van der Waals surface area contributed by atoms with Gasteiger partial charge in [0.25, 0.3) is 0 Å². The van der Waals surface area contributed by atoms with E-state index in [1.807, 2.05) is 6.07 Å². The number of halogens is 1. The third kappa shape index (κ3) is 4.29. The van der Waals surface area contributed by atoms with Crippen LogP contribution in [0.2, 0.25) is 0 Å². The summed E-state index contributed by atoms with van der Waals surface area (Å²) in [5.74, 6) is -0.852. The molecule has 104 valence electrons. The molecule has 3 nitrogen and oxygen atoms in total. The quantitative estimate of drug-likeness (QED) is 0.637. The van der Waals surface area contributed by atoms with Gasteiger partial charge in [0.1, 0.15) is 12.4 Å². The van der Waals surface area contributed by atoms with Crippen molar-refractivity contribution in [3.63, 3.8) is 0 Å². The highest BCUT2D eigenvalue weighted by atomic mass is 19.1. The summed E-state index contributed by atoms with van der Waals surface area (Å²) in [4.78, 5) is 11.6. The van der Waals surface area contributed by atoms with Crippen LogP contribution in [0.15, 0.2) is 54.6 Å². The topological polar surface area (TPSA) is 50.1 Å². The lowest BCUT2D eigenvalue weighted by Crippen LogP contribution is -2.02. The number of esters is 1. The maximum atomic E-state index is 12.7. The Bertz CT molecular complexity index is 699. The highest BCUT2D eigenvalue weighted by Gasteiger charge is 2.03. The maximum absolute atomic E-state index is 12.7. The van der Waals surface area contributed by atoms with E-state index < -0.39 is 5.97 Å². The third-order valence-electron chi connectivity index (χ3n) is 2.79. The van der Waals surface area contributed by atoms with Gasteiger partial charge in [-0.2, -0.15) is 5.26 Å². The minimum Gasteiger partial charge on any atom is -0.458 e. The fourth-order valence-electron chi connectivity index (χ4n) is 1.69. The SMILES string of the molecule is N#Cc1ccccc1COC(=O)/C=C/c1ccc(F)cc1. The summed E-state index contributed by atoms with van der Waals surface area (Å²) in [6.07, 6.45) is 2.81. The minimum absolute atomic E-state index is 0.0380. The van der Waals surface area contributed by atoms with Crippen LogP contribution in [-0.2, 0) is 16.1 Å². The van der Waals surface area contributed by atoms with E-state index in [-0.39, 0.29) is 12.4 Å². The molecule has 0 radical (unpaired) electrons. The average Bonchev–Trinajstić information content (AvgIpc) is 2.52. The summed E-state index contributed by atoms with van der Waals surface area (Å²) >= 11 is 0. The zero-order valence-electron chi connectivity index (χ0n) is 11.1. The summed E-state index contributed by atoms with van der Waals surface area (Å²) in [5, 5.41) is 8.92. The molecule has 2 aromatic carbocycles. The number of hydrogen-bond acceptors (Lipinski definition) is 3. The molecule has 0 saturated heterocycles. The van der Waals surface area contributed by atoms with Crippen LogP contribution in [0.5, 0.6) is 0 Å². The summed E-state index contributed by atoms with van der Waals surface area (Å²) in [7, 11) is 0.